The highest BCUT2D eigenvalue weighted by molar-refractivity contribution is 5.74. The van der Waals surface area contributed by atoms with Crippen molar-refractivity contribution in [3.8, 4) is 0 Å². The summed E-state index contributed by atoms with van der Waals surface area (Å²) in [5.41, 5.74) is 0. The first-order valence-corrected chi connectivity index (χ1v) is 6.41. The highest BCUT2D eigenvalue weighted by atomic mass is 16.4. The maximum absolute atomic E-state index is 11.9. The zero-order chi connectivity index (χ0) is 12.7. The Hall–Kier alpha value is -1.26. The molecule has 0 atom stereocenters. The maximum atomic E-state index is 11.9. The highest BCUT2D eigenvalue weighted by Gasteiger charge is 2.24. The fraction of sp³-hybridized carbons (Fsp3) is 0.833. The standard InChI is InChI=1S/C12H22N2O3/c1-2-14(10-6-3-4-7-10)12(17)13-9-5-8-11(15)16/h10H,2-9H2,1H3,(H,13,17)(H,15,16). The zero-order valence-electron chi connectivity index (χ0n) is 10.4. The van der Waals surface area contributed by atoms with Crippen molar-refractivity contribution in [1.82, 2.24) is 10.2 Å². The van der Waals surface area contributed by atoms with Crippen LogP contribution in [0, 0.1) is 0 Å². The van der Waals surface area contributed by atoms with E-state index in [-0.39, 0.29) is 12.5 Å². The Bertz CT molecular complexity index is 262. The third kappa shape index (κ3) is 4.63. The molecule has 0 aromatic rings. The number of aliphatic carboxylic acids is 1. The number of amides is 2. The Labute approximate surface area is 102 Å². The van der Waals surface area contributed by atoms with E-state index >= 15 is 0 Å². The Kier molecular flexibility index (Phi) is 5.80. The van der Waals surface area contributed by atoms with Gasteiger partial charge in [-0.1, -0.05) is 12.8 Å². The zero-order valence-corrected chi connectivity index (χ0v) is 10.4. The van der Waals surface area contributed by atoms with Crippen LogP contribution in [-0.2, 0) is 4.79 Å². The molecule has 0 unspecified atom stereocenters. The number of hydrogen-bond donors (Lipinski definition) is 2. The predicted octanol–water partition coefficient (Wildman–Crippen LogP) is 1.83. The summed E-state index contributed by atoms with van der Waals surface area (Å²) in [5.74, 6) is -0.817. The van der Waals surface area contributed by atoms with Gasteiger partial charge in [0, 0.05) is 25.6 Å². The minimum Gasteiger partial charge on any atom is -0.481 e. The number of carbonyl (C=O) groups excluding carboxylic acids is 1. The SMILES string of the molecule is CCN(C(=O)NCCCC(=O)O)C1CCCC1. The number of carboxylic acids is 1. The lowest BCUT2D eigenvalue weighted by atomic mass is 10.2. The molecule has 1 aliphatic rings. The van der Waals surface area contributed by atoms with E-state index in [4.69, 9.17) is 5.11 Å². The van der Waals surface area contributed by atoms with E-state index in [2.05, 4.69) is 5.32 Å². The molecular formula is C12H22N2O3. The van der Waals surface area contributed by atoms with Crippen molar-refractivity contribution in [3.63, 3.8) is 0 Å². The third-order valence-corrected chi connectivity index (χ3v) is 3.21. The van der Waals surface area contributed by atoms with Crippen LogP contribution in [0.3, 0.4) is 0 Å². The molecule has 1 aliphatic carbocycles. The number of hydrogen-bond acceptors (Lipinski definition) is 2. The van der Waals surface area contributed by atoms with Gasteiger partial charge in [-0.25, -0.2) is 4.79 Å². The number of carbonyl (C=O) groups is 2. The number of carboxylic acid groups (broad SMARTS) is 1. The lowest BCUT2D eigenvalue weighted by Gasteiger charge is -2.27. The summed E-state index contributed by atoms with van der Waals surface area (Å²) in [6, 6.07) is 0.323. The fourth-order valence-corrected chi connectivity index (χ4v) is 2.32. The quantitative estimate of drug-likeness (QED) is 0.698. The molecule has 0 radical (unpaired) electrons. The van der Waals surface area contributed by atoms with Gasteiger partial charge in [-0.2, -0.15) is 0 Å². The van der Waals surface area contributed by atoms with Gasteiger partial charge in [-0.05, 0) is 26.2 Å². The van der Waals surface area contributed by atoms with E-state index in [1.54, 1.807) is 0 Å². The lowest BCUT2D eigenvalue weighted by Crippen LogP contribution is -2.45. The van der Waals surface area contributed by atoms with Gasteiger partial charge in [-0.3, -0.25) is 4.79 Å². The molecule has 1 fully saturated rings. The Morgan fingerprint density at radius 3 is 2.53 bits per heavy atom. The van der Waals surface area contributed by atoms with Crippen LogP contribution in [0.15, 0.2) is 0 Å². The van der Waals surface area contributed by atoms with Crippen LogP contribution in [0.1, 0.15) is 45.4 Å². The van der Waals surface area contributed by atoms with Crippen LogP contribution in [0.2, 0.25) is 0 Å². The smallest absolute Gasteiger partial charge is 0.317 e. The lowest BCUT2D eigenvalue weighted by molar-refractivity contribution is -0.137. The molecule has 2 amide bonds. The molecular weight excluding hydrogens is 220 g/mol. The minimum absolute atomic E-state index is 0.0511. The molecule has 0 aromatic heterocycles. The third-order valence-electron chi connectivity index (χ3n) is 3.21. The minimum atomic E-state index is -0.817. The van der Waals surface area contributed by atoms with Crippen molar-refractivity contribution in [1.29, 1.82) is 0 Å². The van der Waals surface area contributed by atoms with Crippen molar-refractivity contribution in [3.05, 3.63) is 0 Å². The van der Waals surface area contributed by atoms with Gasteiger partial charge >= 0.3 is 12.0 Å². The van der Waals surface area contributed by atoms with E-state index in [1.807, 2.05) is 11.8 Å². The van der Waals surface area contributed by atoms with Crippen molar-refractivity contribution < 1.29 is 14.7 Å². The van der Waals surface area contributed by atoms with E-state index in [0.29, 0.717) is 19.0 Å². The monoisotopic (exact) mass is 242 g/mol. The molecule has 0 spiro atoms. The summed E-state index contributed by atoms with van der Waals surface area (Å²) in [6.45, 7) is 3.14. The van der Waals surface area contributed by atoms with Gasteiger partial charge in [0.15, 0.2) is 0 Å². The van der Waals surface area contributed by atoms with Crippen LogP contribution in [0.25, 0.3) is 0 Å². The Morgan fingerprint density at radius 1 is 1.35 bits per heavy atom. The van der Waals surface area contributed by atoms with Crippen molar-refractivity contribution in [2.45, 2.75) is 51.5 Å². The Balaban J connectivity index is 2.26. The highest BCUT2D eigenvalue weighted by Crippen LogP contribution is 2.23. The normalized spacial score (nSPS) is 15.8. The molecule has 0 heterocycles. The van der Waals surface area contributed by atoms with Gasteiger partial charge in [0.25, 0.3) is 0 Å². The summed E-state index contributed by atoms with van der Waals surface area (Å²) in [5, 5.41) is 11.3. The summed E-state index contributed by atoms with van der Waals surface area (Å²) in [4.78, 5) is 24.1. The van der Waals surface area contributed by atoms with Crippen LogP contribution in [0.5, 0.6) is 0 Å². The van der Waals surface area contributed by atoms with Crippen molar-refractivity contribution in [2.24, 2.45) is 0 Å². The van der Waals surface area contributed by atoms with E-state index in [1.165, 1.54) is 12.8 Å². The number of nitrogens with one attached hydrogen (secondary N) is 1. The second kappa shape index (κ2) is 7.14. The molecule has 1 rings (SSSR count). The molecule has 5 nitrogen and oxygen atoms in total. The second-order valence-corrected chi connectivity index (χ2v) is 4.45. The average Bonchev–Trinajstić information content (AvgIpc) is 2.79. The summed E-state index contributed by atoms with van der Waals surface area (Å²) >= 11 is 0. The fourth-order valence-electron chi connectivity index (χ4n) is 2.32. The van der Waals surface area contributed by atoms with Crippen molar-refractivity contribution >= 4 is 12.0 Å². The topological polar surface area (TPSA) is 69.6 Å². The Morgan fingerprint density at radius 2 is 2.00 bits per heavy atom. The first-order chi connectivity index (χ1) is 8.15. The van der Waals surface area contributed by atoms with Crippen LogP contribution < -0.4 is 5.32 Å². The number of rotatable bonds is 6. The van der Waals surface area contributed by atoms with Crippen molar-refractivity contribution in [2.75, 3.05) is 13.1 Å². The summed E-state index contributed by atoms with van der Waals surface area (Å²) in [6.07, 6.45) is 5.19. The first-order valence-electron chi connectivity index (χ1n) is 6.41. The van der Waals surface area contributed by atoms with Crippen LogP contribution in [-0.4, -0.2) is 41.1 Å². The summed E-state index contributed by atoms with van der Waals surface area (Å²) < 4.78 is 0. The molecule has 0 bridgehead atoms. The molecule has 0 saturated heterocycles. The first kappa shape index (κ1) is 13.8. The molecule has 98 valence electrons. The molecule has 17 heavy (non-hydrogen) atoms. The van der Waals surface area contributed by atoms with Gasteiger partial charge < -0.3 is 15.3 Å². The number of urea groups is 1. The van der Waals surface area contributed by atoms with E-state index in [9.17, 15) is 9.59 Å². The second-order valence-electron chi connectivity index (χ2n) is 4.45. The molecule has 2 N–H and O–H groups in total. The molecule has 1 saturated carbocycles. The molecule has 0 aromatic carbocycles. The van der Waals surface area contributed by atoms with E-state index < -0.39 is 5.97 Å². The van der Waals surface area contributed by atoms with Gasteiger partial charge in [0.1, 0.15) is 0 Å². The largest absolute Gasteiger partial charge is 0.481 e. The molecule has 5 heteroatoms. The van der Waals surface area contributed by atoms with E-state index in [0.717, 1.165) is 19.4 Å². The number of nitrogens with zero attached hydrogens (tertiary/aromatic N) is 1. The van der Waals surface area contributed by atoms with Crippen LogP contribution >= 0.6 is 0 Å². The summed E-state index contributed by atoms with van der Waals surface area (Å²) in [7, 11) is 0. The average molecular weight is 242 g/mol. The van der Waals surface area contributed by atoms with Gasteiger partial charge in [0.05, 0.1) is 0 Å². The maximum Gasteiger partial charge on any atom is 0.317 e. The van der Waals surface area contributed by atoms with Crippen LogP contribution in [0.4, 0.5) is 4.79 Å². The van der Waals surface area contributed by atoms with Gasteiger partial charge in [0.2, 0.25) is 0 Å². The predicted molar refractivity (Wildman–Crippen MR) is 64.9 cm³/mol. The molecule has 0 aliphatic heterocycles. The van der Waals surface area contributed by atoms with Gasteiger partial charge in [-0.15, -0.1) is 0 Å².